The topological polar surface area (TPSA) is 118 Å². The highest BCUT2D eigenvalue weighted by Gasteiger charge is 2.39. The van der Waals surface area contributed by atoms with E-state index in [-0.39, 0.29) is 12.8 Å². The Labute approximate surface area is 152 Å². The van der Waals surface area contributed by atoms with E-state index in [1.54, 1.807) is 41.5 Å². The molecule has 0 aromatic heterocycles. The average Bonchev–Trinajstić information content (AvgIpc) is 2.36. The van der Waals surface area contributed by atoms with Crippen molar-refractivity contribution in [1.29, 1.82) is 0 Å². The van der Waals surface area contributed by atoms with Gasteiger partial charge in [-0.15, -0.1) is 0 Å². The van der Waals surface area contributed by atoms with Crippen LogP contribution in [-0.2, 0) is 23.7 Å². The first-order valence-corrected chi connectivity index (χ1v) is 8.44. The van der Waals surface area contributed by atoms with Gasteiger partial charge in [-0.05, 0) is 54.4 Å². The summed E-state index contributed by atoms with van der Waals surface area (Å²) in [5, 5.41) is 8.77. The molecule has 1 aliphatic carbocycles. The Morgan fingerprint density at radius 2 is 1.23 bits per heavy atom. The molecular weight excluding hydrogens is 348 g/mol. The zero-order chi connectivity index (χ0) is 20.1. The van der Waals surface area contributed by atoms with E-state index in [1.807, 2.05) is 0 Å². The number of carboxylic acid groups (broad SMARTS) is 1. The highest BCUT2D eigenvalue weighted by molar-refractivity contribution is 5.62. The average molecular weight is 376 g/mol. The number of carbonyl (C=O) groups excluding carboxylic acids is 2. The van der Waals surface area contributed by atoms with Crippen molar-refractivity contribution < 1.29 is 43.2 Å². The van der Waals surface area contributed by atoms with Crippen molar-refractivity contribution in [3.8, 4) is 0 Å². The maximum Gasteiger partial charge on any atom is 0.509 e. The van der Waals surface area contributed by atoms with Gasteiger partial charge >= 0.3 is 18.5 Å². The molecule has 0 bridgehead atoms. The fourth-order valence-corrected chi connectivity index (χ4v) is 2.37. The number of carbonyl (C=O) groups is 3. The minimum Gasteiger partial charge on any atom is -0.450 e. The van der Waals surface area contributed by atoms with E-state index in [2.05, 4.69) is 0 Å². The molecule has 1 N–H and O–H groups in total. The normalized spacial score (nSPS) is 23.5. The lowest BCUT2D eigenvalue weighted by molar-refractivity contribution is -0.113. The van der Waals surface area contributed by atoms with Crippen LogP contribution in [0.25, 0.3) is 0 Å². The molecule has 9 heteroatoms. The van der Waals surface area contributed by atoms with E-state index >= 15 is 0 Å². The standard InChI is InChI=1S/C17H28O9/c1-16(2,3)25-14(20)23-11-8-7-10(22-13(18)19)9-12(11)24-15(21)26-17(4,5)6/h10-12H,7-9H2,1-6H3,(H,18,19). The molecule has 1 aliphatic rings. The second-order valence-electron chi connectivity index (χ2n) is 8.06. The lowest BCUT2D eigenvalue weighted by Crippen LogP contribution is -2.44. The third-order valence-corrected chi connectivity index (χ3v) is 3.22. The summed E-state index contributed by atoms with van der Waals surface area (Å²) in [4.78, 5) is 34.6. The molecule has 0 saturated heterocycles. The van der Waals surface area contributed by atoms with Crippen molar-refractivity contribution in [2.75, 3.05) is 0 Å². The minimum atomic E-state index is -1.42. The summed E-state index contributed by atoms with van der Waals surface area (Å²) in [6.45, 7) is 10.1. The first-order chi connectivity index (χ1) is 11.7. The van der Waals surface area contributed by atoms with Crippen molar-refractivity contribution >= 4 is 18.5 Å². The Balaban J connectivity index is 2.77. The molecule has 3 atom stereocenters. The van der Waals surface area contributed by atoms with E-state index in [4.69, 9.17) is 28.8 Å². The molecule has 26 heavy (non-hydrogen) atoms. The zero-order valence-corrected chi connectivity index (χ0v) is 16.1. The first kappa shape index (κ1) is 21.9. The van der Waals surface area contributed by atoms with Crippen LogP contribution in [0.15, 0.2) is 0 Å². The molecule has 0 aromatic carbocycles. The maximum absolute atomic E-state index is 11.9. The van der Waals surface area contributed by atoms with E-state index in [9.17, 15) is 14.4 Å². The van der Waals surface area contributed by atoms with Crippen molar-refractivity contribution in [3.63, 3.8) is 0 Å². The summed E-state index contributed by atoms with van der Waals surface area (Å²) in [5.41, 5.74) is -1.49. The van der Waals surface area contributed by atoms with Gasteiger partial charge in [-0.2, -0.15) is 0 Å². The van der Waals surface area contributed by atoms with Gasteiger partial charge in [-0.1, -0.05) is 0 Å². The quantitative estimate of drug-likeness (QED) is 0.578. The Hall–Kier alpha value is -2.19. The first-order valence-electron chi connectivity index (χ1n) is 8.44. The molecule has 0 radical (unpaired) electrons. The third kappa shape index (κ3) is 8.77. The molecule has 0 heterocycles. The molecule has 0 spiro atoms. The van der Waals surface area contributed by atoms with Crippen LogP contribution in [0.3, 0.4) is 0 Å². The maximum atomic E-state index is 11.9. The molecule has 1 fully saturated rings. The Morgan fingerprint density at radius 1 is 0.769 bits per heavy atom. The summed E-state index contributed by atoms with van der Waals surface area (Å²) < 4.78 is 25.5. The smallest absolute Gasteiger partial charge is 0.450 e. The van der Waals surface area contributed by atoms with E-state index in [0.717, 1.165) is 0 Å². The molecule has 0 aromatic rings. The predicted molar refractivity (Wildman–Crippen MR) is 89.0 cm³/mol. The van der Waals surface area contributed by atoms with Gasteiger partial charge in [-0.3, -0.25) is 0 Å². The van der Waals surface area contributed by atoms with Gasteiger partial charge in [0, 0.05) is 6.42 Å². The van der Waals surface area contributed by atoms with Crippen molar-refractivity contribution in [2.24, 2.45) is 0 Å². The minimum absolute atomic E-state index is 0.0546. The summed E-state index contributed by atoms with van der Waals surface area (Å²) in [6.07, 6.45) is -4.97. The van der Waals surface area contributed by atoms with E-state index in [0.29, 0.717) is 6.42 Å². The molecule has 3 unspecified atom stereocenters. The molecular formula is C17H28O9. The van der Waals surface area contributed by atoms with Crippen LogP contribution < -0.4 is 0 Å². The number of hydrogen-bond donors (Lipinski definition) is 1. The zero-order valence-electron chi connectivity index (χ0n) is 16.1. The van der Waals surface area contributed by atoms with Crippen molar-refractivity contribution in [3.05, 3.63) is 0 Å². The van der Waals surface area contributed by atoms with Crippen LogP contribution in [0, 0.1) is 0 Å². The molecule has 1 rings (SSSR count). The fraction of sp³-hybridized carbons (Fsp3) is 0.824. The van der Waals surface area contributed by atoms with Gasteiger partial charge in [0.1, 0.15) is 29.5 Å². The van der Waals surface area contributed by atoms with E-state index in [1.165, 1.54) is 0 Å². The van der Waals surface area contributed by atoms with Crippen molar-refractivity contribution in [2.45, 2.75) is 90.3 Å². The summed E-state index contributed by atoms with van der Waals surface area (Å²) >= 11 is 0. The van der Waals surface area contributed by atoms with Crippen LogP contribution in [-0.4, -0.2) is 53.1 Å². The molecule has 9 nitrogen and oxygen atoms in total. The lowest BCUT2D eigenvalue weighted by atomic mass is 9.92. The van der Waals surface area contributed by atoms with Gasteiger partial charge in [0.25, 0.3) is 0 Å². The monoisotopic (exact) mass is 376 g/mol. The second kappa shape index (κ2) is 8.46. The molecule has 1 saturated carbocycles. The number of hydrogen-bond acceptors (Lipinski definition) is 8. The fourth-order valence-electron chi connectivity index (χ4n) is 2.37. The largest absolute Gasteiger partial charge is 0.509 e. The van der Waals surface area contributed by atoms with E-state index < -0.39 is 48.0 Å². The van der Waals surface area contributed by atoms with Gasteiger partial charge < -0.3 is 28.8 Å². The lowest BCUT2D eigenvalue weighted by Gasteiger charge is -2.34. The second-order valence-corrected chi connectivity index (χ2v) is 8.06. The molecule has 0 amide bonds. The van der Waals surface area contributed by atoms with Crippen LogP contribution in [0.2, 0.25) is 0 Å². The van der Waals surface area contributed by atoms with Crippen molar-refractivity contribution in [1.82, 2.24) is 0 Å². The molecule has 150 valence electrons. The van der Waals surface area contributed by atoms with Gasteiger partial charge in [-0.25, -0.2) is 14.4 Å². The van der Waals surface area contributed by atoms with Crippen LogP contribution in [0.4, 0.5) is 14.4 Å². The van der Waals surface area contributed by atoms with Gasteiger partial charge in [0.15, 0.2) is 0 Å². The summed E-state index contributed by atoms with van der Waals surface area (Å²) in [7, 11) is 0. The predicted octanol–water partition coefficient (Wildman–Crippen LogP) is 3.87. The highest BCUT2D eigenvalue weighted by Crippen LogP contribution is 2.28. The summed E-state index contributed by atoms with van der Waals surface area (Å²) in [5.74, 6) is 0. The van der Waals surface area contributed by atoms with Crippen LogP contribution >= 0.6 is 0 Å². The van der Waals surface area contributed by atoms with Gasteiger partial charge in [0.05, 0.1) is 0 Å². The van der Waals surface area contributed by atoms with Crippen LogP contribution in [0.5, 0.6) is 0 Å². The third-order valence-electron chi connectivity index (χ3n) is 3.22. The Kier molecular flexibility index (Phi) is 7.11. The highest BCUT2D eigenvalue weighted by atomic mass is 16.8. The Bertz CT molecular complexity index is 515. The Morgan fingerprint density at radius 3 is 1.65 bits per heavy atom. The number of rotatable bonds is 3. The van der Waals surface area contributed by atoms with Gasteiger partial charge in [0.2, 0.25) is 0 Å². The van der Waals surface area contributed by atoms with Crippen LogP contribution in [0.1, 0.15) is 60.8 Å². The summed E-state index contributed by atoms with van der Waals surface area (Å²) in [6, 6.07) is 0. The molecule has 0 aliphatic heterocycles. The number of ether oxygens (including phenoxy) is 5. The SMILES string of the molecule is CC(C)(C)OC(=O)OC1CCC(OC(=O)O)CC1OC(=O)OC(C)(C)C.